The van der Waals surface area contributed by atoms with E-state index in [0.717, 1.165) is 4.90 Å². The second kappa shape index (κ2) is 7.27. The summed E-state index contributed by atoms with van der Waals surface area (Å²) in [5.74, 6) is 0.462. The third-order valence-electron chi connectivity index (χ3n) is 3.30. The maximum Gasteiger partial charge on any atom is 0.230 e. The van der Waals surface area contributed by atoms with Gasteiger partial charge in [-0.05, 0) is 44.0 Å². The fraction of sp³-hybridized carbons (Fsp3) is 0.294. The Balaban J connectivity index is 1.91. The first-order valence-electron chi connectivity index (χ1n) is 6.95. The lowest BCUT2D eigenvalue weighted by atomic mass is 10.00. The predicted octanol–water partition coefficient (Wildman–Crippen LogP) is 3.67. The third-order valence-corrected chi connectivity index (χ3v) is 4.31. The summed E-state index contributed by atoms with van der Waals surface area (Å²) < 4.78 is 0. The van der Waals surface area contributed by atoms with Crippen LogP contribution in [0.15, 0.2) is 47.6 Å². The van der Waals surface area contributed by atoms with Crippen LogP contribution in [0.5, 0.6) is 0 Å². The van der Waals surface area contributed by atoms with Gasteiger partial charge in [-0.25, -0.2) is 0 Å². The molecule has 0 spiro atoms. The lowest BCUT2D eigenvalue weighted by Gasteiger charge is -2.17. The molecule has 2 aromatic rings. The van der Waals surface area contributed by atoms with Crippen molar-refractivity contribution in [2.45, 2.75) is 31.7 Å². The highest BCUT2D eigenvalue weighted by molar-refractivity contribution is 8.00. The van der Waals surface area contributed by atoms with Crippen molar-refractivity contribution in [1.82, 2.24) is 10.3 Å². The summed E-state index contributed by atoms with van der Waals surface area (Å²) in [5, 5.41) is 3.06. The van der Waals surface area contributed by atoms with E-state index >= 15 is 0 Å². The molecule has 21 heavy (non-hydrogen) atoms. The summed E-state index contributed by atoms with van der Waals surface area (Å²) in [5.41, 5.74) is 3.59. The zero-order valence-corrected chi connectivity index (χ0v) is 13.4. The van der Waals surface area contributed by atoms with Gasteiger partial charge in [0.1, 0.15) is 0 Å². The lowest BCUT2D eigenvalue weighted by Crippen LogP contribution is -2.28. The first-order chi connectivity index (χ1) is 10.1. The number of nitrogens with one attached hydrogen (secondary N) is 1. The Morgan fingerprint density at radius 3 is 2.67 bits per heavy atom. The van der Waals surface area contributed by atoms with Gasteiger partial charge in [-0.1, -0.05) is 23.8 Å². The van der Waals surface area contributed by atoms with Crippen molar-refractivity contribution in [1.29, 1.82) is 0 Å². The number of aromatic nitrogens is 1. The first-order valence-corrected chi connectivity index (χ1v) is 7.94. The Labute approximate surface area is 130 Å². The van der Waals surface area contributed by atoms with Crippen LogP contribution in [-0.4, -0.2) is 16.6 Å². The van der Waals surface area contributed by atoms with Crippen LogP contribution in [0, 0.1) is 13.8 Å². The predicted molar refractivity (Wildman–Crippen MR) is 87.4 cm³/mol. The highest BCUT2D eigenvalue weighted by Crippen LogP contribution is 2.20. The van der Waals surface area contributed by atoms with E-state index in [4.69, 9.17) is 0 Å². The summed E-state index contributed by atoms with van der Waals surface area (Å²) >= 11 is 1.52. The van der Waals surface area contributed by atoms with Crippen molar-refractivity contribution in [3.8, 4) is 0 Å². The average Bonchev–Trinajstić information content (AvgIpc) is 2.48. The third kappa shape index (κ3) is 4.60. The number of carbonyl (C=O) groups is 1. The molecule has 0 saturated carbocycles. The number of rotatable bonds is 5. The lowest BCUT2D eigenvalue weighted by molar-refractivity contribution is -0.119. The van der Waals surface area contributed by atoms with Crippen LogP contribution in [0.4, 0.5) is 0 Å². The molecule has 4 heteroatoms. The number of amides is 1. The first kappa shape index (κ1) is 15.6. The van der Waals surface area contributed by atoms with Gasteiger partial charge in [0, 0.05) is 17.3 Å². The highest BCUT2D eigenvalue weighted by atomic mass is 32.2. The Morgan fingerprint density at radius 2 is 1.95 bits per heavy atom. The smallest absolute Gasteiger partial charge is 0.230 e. The van der Waals surface area contributed by atoms with Gasteiger partial charge in [0.05, 0.1) is 11.8 Å². The van der Waals surface area contributed by atoms with Gasteiger partial charge in [-0.3, -0.25) is 9.78 Å². The number of aryl methyl sites for hydroxylation is 2. The van der Waals surface area contributed by atoms with E-state index < -0.39 is 0 Å². The number of carbonyl (C=O) groups excluding carboxylic acids is 1. The van der Waals surface area contributed by atoms with E-state index in [-0.39, 0.29) is 11.9 Å². The van der Waals surface area contributed by atoms with Crippen LogP contribution in [0.25, 0.3) is 0 Å². The molecule has 1 atom stereocenters. The standard InChI is InChI=1S/C17H20N2OS/c1-12-4-5-13(2)16(10-12)14(3)19-17(20)11-21-15-6-8-18-9-7-15/h4-10,14H,11H2,1-3H3,(H,19,20)/t14-/m1/s1. The zero-order chi connectivity index (χ0) is 15.2. The molecule has 0 bridgehead atoms. The molecule has 2 rings (SSSR count). The molecule has 0 fully saturated rings. The maximum absolute atomic E-state index is 12.0. The van der Waals surface area contributed by atoms with E-state index in [0.29, 0.717) is 5.75 Å². The number of pyridine rings is 1. The van der Waals surface area contributed by atoms with E-state index in [1.54, 1.807) is 12.4 Å². The molecular weight excluding hydrogens is 280 g/mol. The molecule has 0 aliphatic rings. The van der Waals surface area contributed by atoms with Crippen LogP contribution in [-0.2, 0) is 4.79 Å². The summed E-state index contributed by atoms with van der Waals surface area (Å²) in [6.45, 7) is 6.16. The van der Waals surface area contributed by atoms with Crippen LogP contribution >= 0.6 is 11.8 Å². The van der Waals surface area contributed by atoms with Crippen LogP contribution in [0.2, 0.25) is 0 Å². The molecule has 3 nitrogen and oxygen atoms in total. The number of thioether (sulfide) groups is 1. The minimum atomic E-state index is 0.0236. The number of nitrogens with zero attached hydrogens (tertiary/aromatic N) is 1. The minimum absolute atomic E-state index is 0.0236. The molecule has 0 unspecified atom stereocenters. The number of hydrogen-bond acceptors (Lipinski definition) is 3. The number of hydrogen-bond donors (Lipinski definition) is 1. The molecule has 1 aromatic carbocycles. The van der Waals surface area contributed by atoms with Gasteiger partial charge >= 0.3 is 0 Å². The largest absolute Gasteiger partial charge is 0.349 e. The Kier molecular flexibility index (Phi) is 5.39. The molecule has 1 N–H and O–H groups in total. The van der Waals surface area contributed by atoms with E-state index in [1.807, 2.05) is 19.1 Å². The second-order valence-electron chi connectivity index (χ2n) is 5.12. The molecule has 0 aliphatic heterocycles. The van der Waals surface area contributed by atoms with Crippen molar-refractivity contribution in [2.24, 2.45) is 0 Å². The quantitative estimate of drug-likeness (QED) is 0.857. The molecule has 1 amide bonds. The summed E-state index contributed by atoms with van der Waals surface area (Å²) in [6.07, 6.45) is 3.47. The highest BCUT2D eigenvalue weighted by Gasteiger charge is 2.12. The molecular formula is C17H20N2OS. The second-order valence-corrected chi connectivity index (χ2v) is 6.17. The van der Waals surface area contributed by atoms with Crippen LogP contribution < -0.4 is 5.32 Å². The van der Waals surface area contributed by atoms with E-state index in [1.165, 1.54) is 28.5 Å². The van der Waals surface area contributed by atoms with Crippen molar-refractivity contribution < 1.29 is 4.79 Å². The number of benzene rings is 1. The van der Waals surface area contributed by atoms with Crippen LogP contribution in [0.1, 0.15) is 29.7 Å². The summed E-state index contributed by atoms with van der Waals surface area (Å²) in [4.78, 5) is 17.1. The maximum atomic E-state index is 12.0. The molecule has 1 aromatic heterocycles. The van der Waals surface area contributed by atoms with Gasteiger partial charge in [0.15, 0.2) is 0 Å². The Morgan fingerprint density at radius 1 is 1.24 bits per heavy atom. The Hall–Kier alpha value is -1.81. The molecule has 1 heterocycles. The normalized spacial score (nSPS) is 12.0. The minimum Gasteiger partial charge on any atom is -0.349 e. The van der Waals surface area contributed by atoms with Gasteiger partial charge in [0.2, 0.25) is 5.91 Å². The summed E-state index contributed by atoms with van der Waals surface area (Å²) in [7, 11) is 0. The molecule has 0 saturated heterocycles. The zero-order valence-electron chi connectivity index (χ0n) is 12.6. The monoisotopic (exact) mass is 300 g/mol. The van der Waals surface area contributed by atoms with Gasteiger partial charge in [-0.2, -0.15) is 0 Å². The SMILES string of the molecule is Cc1ccc(C)c([C@@H](C)NC(=O)CSc2ccncc2)c1. The van der Waals surface area contributed by atoms with E-state index in [9.17, 15) is 4.79 Å². The Bertz CT molecular complexity index is 613. The fourth-order valence-electron chi connectivity index (χ4n) is 2.17. The summed E-state index contributed by atoms with van der Waals surface area (Å²) in [6, 6.07) is 10.2. The van der Waals surface area contributed by atoms with E-state index in [2.05, 4.69) is 42.3 Å². The fourth-order valence-corrected chi connectivity index (χ4v) is 2.87. The average molecular weight is 300 g/mol. The van der Waals surface area contributed by atoms with Gasteiger partial charge in [0.25, 0.3) is 0 Å². The van der Waals surface area contributed by atoms with Crippen LogP contribution in [0.3, 0.4) is 0 Å². The van der Waals surface area contributed by atoms with Crippen molar-refractivity contribution >= 4 is 17.7 Å². The van der Waals surface area contributed by atoms with Crippen molar-refractivity contribution in [3.05, 3.63) is 59.4 Å². The van der Waals surface area contributed by atoms with Crippen molar-refractivity contribution in [3.63, 3.8) is 0 Å². The van der Waals surface area contributed by atoms with Crippen molar-refractivity contribution in [2.75, 3.05) is 5.75 Å². The molecule has 110 valence electrons. The van der Waals surface area contributed by atoms with Gasteiger partial charge in [-0.15, -0.1) is 11.8 Å². The molecule has 0 radical (unpaired) electrons. The molecule has 0 aliphatic carbocycles. The topological polar surface area (TPSA) is 42.0 Å². The van der Waals surface area contributed by atoms with Gasteiger partial charge < -0.3 is 5.32 Å².